The number of likely N-dealkylation sites (tertiary alicyclic amines) is 2. The maximum atomic E-state index is 12.7. The van der Waals surface area contributed by atoms with Crippen molar-refractivity contribution in [3.05, 3.63) is 0 Å². The van der Waals surface area contributed by atoms with Crippen LogP contribution in [-0.4, -0.2) is 60.5 Å². The molecular formula is C15H27N3O. The van der Waals surface area contributed by atoms with Crippen LogP contribution in [0.3, 0.4) is 0 Å². The molecule has 0 spiro atoms. The summed E-state index contributed by atoms with van der Waals surface area (Å²) in [5.74, 6) is 1.11. The van der Waals surface area contributed by atoms with E-state index in [2.05, 4.69) is 22.0 Å². The molecule has 3 saturated heterocycles. The Balaban J connectivity index is 1.63. The number of amides is 1. The predicted octanol–water partition coefficient (Wildman–Crippen LogP) is 1.07. The molecule has 3 fully saturated rings. The van der Waals surface area contributed by atoms with Crippen LogP contribution >= 0.6 is 0 Å². The molecule has 3 rings (SSSR count). The van der Waals surface area contributed by atoms with Gasteiger partial charge in [-0.15, -0.1) is 0 Å². The van der Waals surface area contributed by atoms with Gasteiger partial charge in [-0.05, 0) is 57.7 Å². The summed E-state index contributed by atoms with van der Waals surface area (Å²) >= 11 is 0. The summed E-state index contributed by atoms with van der Waals surface area (Å²) in [6.07, 6.45) is 5.88. The van der Waals surface area contributed by atoms with Gasteiger partial charge in [-0.2, -0.15) is 0 Å². The van der Waals surface area contributed by atoms with E-state index in [1.54, 1.807) is 0 Å². The van der Waals surface area contributed by atoms with E-state index >= 15 is 0 Å². The molecule has 4 heteroatoms. The zero-order valence-corrected chi connectivity index (χ0v) is 12.1. The molecule has 0 aliphatic carbocycles. The van der Waals surface area contributed by atoms with Crippen molar-refractivity contribution in [3.8, 4) is 0 Å². The average molecular weight is 265 g/mol. The number of carbonyl (C=O) groups excluding carboxylic acids is 1. The number of piperidine rings is 1. The molecule has 0 aromatic heterocycles. The van der Waals surface area contributed by atoms with E-state index in [1.165, 1.54) is 25.7 Å². The number of carbonyl (C=O) groups is 1. The fourth-order valence-corrected chi connectivity index (χ4v) is 3.98. The van der Waals surface area contributed by atoms with Crippen LogP contribution in [0, 0.1) is 5.92 Å². The van der Waals surface area contributed by atoms with Crippen LogP contribution < -0.4 is 5.32 Å². The Bertz CT molecular complexity index is 327. The molecule has 4 nitrogen and oxygen atoms in total. The van der Waals surface area contributed by atoms with Gasteiger partial charge in [0.2, 0.25) is 5.91 Å². The van der Waals surface area contributed by atoms with Gasteiger partial charge in [-0.25, -0.2) is 0 Å². The number of nitrogens with one attached hydrogen (secondary N) is 1. The molecule has 1 amide bonds. The van der Waals surface area contributed by atoms with E-state index in [9.17, 15) is 4.79 Å². The lowest BCUT2D eigenvalue weighted by molar-refractivity contribution is -0.136. The summed E-state index contributed by atoms with van der Waals surface area (Å²) in [4.78, 5) is 17.4. The Morgan fingerprint density at radius 1 is 1.11 bits per heavy atom. The monoisotopic (exact) mass is 265 g/mol. The minimum absolute atomic E-state index is 0.188. The number of hydrogen-bond acceptors (Lipinski definition) is 3. The van der Waals surface area contributed by atoms with Crippen molar-refractivity contribution in [1.29, 1.82) is 0 Å². The minimum Gasteiger partial charge on any atom is -0.341 e. The molecule has 3 aliphatic rings. The van der Waals surface area contributed by atoms with Crippen molar-refractivity contribution in [2.45, 2.75) is 51.1 Å². The van der Waals surface area contributed by atoms with Crippen LogP contribution in [0.25, 0.3) is 0 Å². The predicted molar refractivity (Wildman–Crippen MR) is 76.0 cm³/mol. The molecule has 0 saturated carbocycles. The Morgan fingerprint density at radius 3 is 2.58 bits per heavy atom. The maximum absolute atomic E-state index is 12.7. The van der Waals surface area contributed by atoms with E-state index in [1.807, 2.05) is 0 Å². The van der Waals surface area contributed by atoms with E-state index < -0.39 is 0 Å². The van der Waals surface area contributed by atoms with Crippen LogP contribution in [0.4, 0.5) is 0 Å². The highest BCUT2D eigenvalue weighted by molar-refractivity contribution is 5.82. The number of hydrogen-bond donors (Lipinski definition) is 1. The van der Waals surface area contributed by atoms with Crippen LogP contribution in [0.2, 0.25) is 0 Å². The molecule has 3 heterocycles. The van der Waals surface area contributed by atoms with Gasteiger partial charge in [-0.3, -0.25) is 9.69 Å². The Hall–Kier alpha value is -0.610. The normalized spacial score (nSPS) is 34.1. The summed E-state index contributed by atoms with van der Waals surface area (Å²) in [5.41, 5.74) is 0. The van der Waals surface area contributed by atoms with Gasteiger partial charge in [0.15, 0.2) is 0 Å². The molecule has 0 aromatic carbocycles. The van der Waals surface area contributed by atoms with Gasteiger partial charge in [0, 0.05) is 19.1 Å². The van der Waals surface area contributed by atoms with E-state index in [0.717, 1.165) is 39.1 Å². The Kier molecular flexibility index (Phi) is 4.08. The van der Waals surface area contributed by atoms with E-state index in [0.29, 0.717) is 17.9 Å². The first-order valence-electron chi connectivity index (χ1n) is 8.01. The lowest BCUT2D eigenvalue weighted by Gasteiger charge is -2.36. The molecule has 2 atom stereocenters. The molecule has 108 valence electrons. The lowest BCUT2D eigenvalue weighted by Crippen LogP contribution is -2.51. The molecule has 0 radical (unpaired) electrons. The Morgan fingerprint density at radius 2 is 1.89 bits per heavy atom. The van der Waals surface area contributed by atoms with Gasteiger partial charge < -0.3 is 10.2 Å². The molecule has 19 heavy (non-hydrogen) atoms. The molecule has 0 bridgehead atoms. The molecule has 0 aromatic rings. The first kappa shape index (κ1) is 13.4. The standard InChI is InChI=1S/C15H27N3O/c1-12-6-10-17(11-12)15(19)14-3-2-9-18(14)13-4-7-16-8-5-13/h12-14,16H,2-11H2,1H3. The highest BCUT2D eigenvalue weighted by Gasteiger charge is 2.38. The summed E-state index contributed by atoms with van der Waals surface area (Å²) in [6, 6.07) is 0.825. The second kappa shape index (κ2) is 5.80. The third-order valence-electron chi connectivity index (χ3n) is 5.09. The van der Waals surface area contributed by atoms with Crippen LogP contribution in [-0.2, 0) is 4.79 Å². The van der Waals surface area contributed by atoms with Crippen molar-refractivity contribution in [2.24, 2.45) is 5.92 Å². The molecule has 2 unspecified atom stereocenters. The van der Waals surface area contributed by atoms with Crippen LogP contribution in [0.1, 0.15) is 39.0 Å². The van der Waals surface area contributed by atoms with Gasteiger partial charge in [0.05, 0.1) is 6.04 Å². The van der Waals surface area contributed by atoms with Crippen molar-refractivity contribution in [2.75, 3.05) is 32.7 Å². The quantitative estimate of drug-likeness (QED) is 0.811. The van der Waals surface area contributed by atoms with Crippen LogP contribution in [0.15, 0.2) is 0 Å². The van der Waals surface area contributed by atoms with Crippen molar-refractivity contribution < 1.29 is 4.79 Å². The van der Waals surface area contributed by atoms with Crippen LogP contribution in [0.5, 0.6) is 0 Å². The Labute approximate surface area is 116 Å². The van der Waals surface area contributed by atoms with Crippen molar-refractivity contribution >= 4 is 5.91 Å². The van der Waals surface area contributed by atoms with E-state index in [4.69, 9.17) is 0 Å². The maximum Gasteiger partial charge on any atom is 0.239 e. The number of nitrogens with zero attached hydrogens (tertiary/aromatic N) is 2. The third-order valence-corrected chi connectivity index (χ3v) is 5.09. The fraction of sp³-hybridized carbons (Fsp3) is 0.933. The summed E-state index contributed by atoms with van der Waals surface area (Å²) in [5, 5.41) is 3.42. The highest BCUT2D eigenvalue weighted by Crippen LogP contribution is 2.27. The molecule has 1 N–H and O–H groups in total. The zero-order chi connectivity index (χ0) is 13.2. The lowest BCUT2D eigenvalue weighted by atomic mass is 10.0. The first-order chi connectivity index (χ1) is 9.25. The minimum atomic E-state index is 0.188. The van der Waals surface area contributed by atoms with Crippen molar-refractivity contribution in [3.63, 3.8) is 0 Å². The van der Waals surface area contributed by atoms with Gasteiger partial charge in [-0.1, -0.05) is 6.92 Å². The smallest absolute Gasteiger partial charge is 0.239 e. The zero-order valence-electron chi connectivity index (χ0n) is 12.1. The second-order valence-electron chi connectivity index (χ2n) is 6.56. The fourth-order valence-electron chi connectivity index (χ4n) is 3.98. The first-order valence-corrected chi connectivity index (χ1v) is 8.01. The average Bonchev–Trinajstić information content (AvgIpc) is 3.07. The van der Waals surface area contributed by atoms with Gasteiger partial charge in [0.1, 0.15) is 0 Å². The topological polar surface area (TPSA) is 35.6 Å². The largest absolute Gasteiger partial charge is 0.341 e. The third kappa shape index (κ3) is 2.79. The van der Waals surface area contributed by atoms with E-state index in [-0.39, 0.29) is 6.04 Å². The van der Waals surface area contributed by atoms with Gasteiger partial charge >= 0.3 is 0 Å². The SMILES string of the molecule is CC1CCN(C(=O)C2CCCN2C2CCNCC2)C1. The molecule has 3 aliphatic heterocycles. The van der Waals surface area contributed by atoms with Gasteiger partial charge in [0.25, 0.3) is 0 Å². The number of rotatable bonds is 2. The second-order valence-corrected chi connectivity index (χ2v) is 6.56. The highest BCUT2D eigenvalue weighted by atomic mass is 16.2. The summed E-state index contributed by atoms with van der Waals surface area (Å²) < 4.78 is 0. The molecular weight excluding hydrogens is 238 g/mol. The summed E-state index contributed by atoms with van der Waals surface area (Å²) in [7, 11) is 0. The summed E-state index contributed by atoms with van der Waals surface area (Å²) in [6.45, 7) is 7.58. The van der Waals surface area contributed by atoms with Crippen molar-refractivity contribution in [1.82, 2.24) is 15.1 Å².